The number of hydrogen-bond donors (Lipinski definition) is 1. The fourth-order valence-electron chi connectivity index (χ4n) is 2.90. The summed E-state index contributed by atoms with van der Waals surface area (Å²) in [4.78, 5) is 17.0. The molecule has 0 spiro atoms. The molecular formula is C12H15N3O4S. The Kier molecular flexibility index (Phi) is 3.03. The maximum Gasteiger partial charge on any atom is 0.251 e. The van der Waals surface area contributed by atoms with Crippen molar-refractivity contribution >= 4 is 15.9 Å². The predicted molar refractivity (Wildman–Crippen MR) is 69.1 cm³/mol. The minimum Gasteiger partial charge on any atom is -0.383 e. The van der Waals surface area contributed by atoms with E-state index in [0.717, 1.165) is 0 Å². The summed E-state index contributed by atoms with van der Waals surface area (Å²) in [7, 11) is -2.03. The van der Waals surface area contributed by atoms with Crippen LogP contribution in [0.4, 0.5) is 0 Å². The third-order valence-electron chi connectivity index (χ3n) is 4.08. The highest BCUT2D eigenvalue weighted by Crippen LogP contribution is 2.34. The number of likely N-dealkylation sites (tertiary alicyclic amines) is 1. The van der Waals surface area contributed by atoms with Gasteiger partial charge in [0.05, 0.1) is 6.04 Å². The molecule has 20 heavy (non-hydrogen) atoms. The zero-order valence-electron chi connectivity index (χ0n) is 10.9. The zero-order chi connectivity index (χ0) is 14.5. The highest BCUT2D eigenvalue weighted by molar-refractivity contribution is 7.89. The molecule has 3 rings (SSSR count). The van der Waals surface area contributed by atoms with Gasteiger partial charge in [0.25, 0.3) is 5.91 Å². The normalized spacial score (nSPS) is 30.8. The monoisotopic (exact) mass is 297 g/mol. The van der Waals surface area contributed by atoms with E-state index in [2.05, 4.69) is 4.98 Å². The number of fused-ring (bicyclic) bond motifs is 1. The molecule has 2 aliphatic heterocycles. The first-order valence-electron chi connectivity index (χ1n) is 6.28. The topological polar surface area (TPSA) is 90.8 Å². The van der Waals surface area contributed by atoms with Crippen molar-refractivity contribution in [1.29, 1.82) is 0 Å². The molecule has 2 fully saturated rings. The van der Waals surface area contributed by atoms with Crippen molar-refractivity contribution in [1.82, 2.24) is 14.2 Å². The number of amides is 1. The van der Waals surface area contributed by atoms with Crippen LogP contribution < -0.4 is 0 Å². The molecule has 0 unspecified atom stereocenters. The van der Waals surface area contributed by atoms with Crippen LogP contribution in [0.15, 0.2) is 29.4 Å². The molecule has 0 radical (unpaired) electrons. The largest absolute Gasteiger partial charge is 0.383 e. The summed E-state index contributed by atoms with van der Waals surface area (Å²) in [5.74, 6) is -0.697. The minimum absolute atomic E-state index is 0.128. The van der Waals surface area contributed by atoms with E-state index in [1.807, 2.05) is 0 Å². The van der Waals surface area contributed by atoms with E-state index in [9.17, 15) is 18.3 Å². The van der Waals surface area contributed by atoms with Crippen LogP contribution in [0, 0.1) is 5.92 Å². The van der Waals surface area contributed by atoms with Gasteiger partial charge in [-0.05, 0) is 12.1 Å². The summed E-state index contributed by atoms with van der Waals surface area (Å²) in [5, 5.41) is 9.87. The van der Waals surface area contributed by atoms with Crippen LogP contribution in [0.5, 0.6) is 0 Å². The van der Waals surface area contributed by atoms with E-state index in [-0.39, 0.29) is 35.9 Å². The Balaban J connectivity index is 1.87. The number of likely N-dealkylation sites (N-methyl/N-ethyl adjacent to an activating group) is 1. The van der Waals surface area contributed by atoms with Crippen LogP contribution >= 0.6 is 0 Å². The number of hydrogen-bond acceptors (Lipinski definition) is 5. The average molecular weight is 297 g/mol. The smallest absolute Gasteiger partial charge is 0.251 e. The van der Waals surface area contributed by atoms with E-state index in [4.69, 9.17) is 0 Å². The van der Waals surface area contributed by atoms with Gasteiger partial charge in [0.1, 0.15) is 11.0 Å². The molecule has 1 aromatic heterocycles. The molecule has 0 aliphatic carbocycles. The van der Waals surface area contributed by atoms with Crippen molar-refractivity contribution in [2.75, 3.05) is 20.1 Å². The Hall–Kier alpha value is -1.51. The lowest BCUT2D eigenvalue weighted by Gasteiger charge is -2.20. The molecule has 0 saturated carbocycles. The molecule has 2 aliphatic rings. The molecule has 1 amide bonds. The van der Waals surface area contributed by atoms with Gasteiger partial charge in [-0.3, -0.25) is 9.78 Å². The third-order valence-corrected chi connectivity index (χ3v) is 5.89. The minimum atomic E-state index is -3.62. The predicted octanol–water partition coefficient (Wildman–Crippen LogP) is -1.10. The van der Waals surface area contributed by atoms with Gasteiger partial charge < -0.3 is 10.0 Å². The fraction of sp³-hybridized carbons (Fsp3) is 0.500. The van der Waals surface area contributed by atoms with E-state index in [1.165, 1.54) is 27.7 Å². The molecule has 1 aromatic rings. The molecule has 3 atom stereocenters. The molecule has 1 N–H and O–H groups in total. The number of nitrogens with zero attached hydrogens (tertiary/aromatic N) is 3. The van der Waals surface area contributed by atoms with Gasteiger partial charge in [-0.2, -0.15) is 4.31 Å². The highest BCUT2D eigenvalue weighted by atomic mass is 32.2. The van der Waals surface area contributed by atoms with Crippen molar-refractivity contribution in [3.63, 3.8) is 0 Å². The number of aliphatic hydroxyl groups excluding tert-OH is 1. The van der Waals surface area contributed by atoms with E-state index < -0.39 is 16.1 Å². The van der Waals surface area contributed by atoms with E-state index >= 15 is 0 Å². The molecule has 0 bridgehead atoms. The van der Waals surface area contributed by atoms with Gasteiger partial charge in [0.2, 0.25) is 10.0 Å². The highest BCUT2D eigenvalue weighted by Gasteiger charge is 2.52. The Labute approximate surface area is 116 Å². The van der Waals surface area contributed by atoms with Gasteiger partial charge in [-0.15, -0.1) is 0 Å². The lowest BCUT2D eigenvalue weighted by molar-refractivity contribution is -0.134. The Morgan fingerprint density at radius 2 is 2.15 bits per heavy atom. The van der Waals surface area contributed by atoms with Gasteiger partial charge in [0.15, 0.2) is 0 Å². The van der Waals surface area contributed by atoms with Gasteiger partial charge in [-0.1, -0.05) is 0 Å². The number of sulfonamides is 1. The average Bonchev–Trinajstić information content (AvgIpc) is 2.98. The summed E-state index contributed by atoms with van der Waals surface area (Å²) < 4.78 is 26.2. The molecule has 8 heteroatoms. The maximum atomic E-state index is 12.5. The number of carbonyl (C=O) groups excluding carboxylic acids is 1. The van der Waals surface area contributed by atoms with Crippen molar-refractivity contribution < 1.29 is 18.3 Å². The third kappa shape index (κ3) is 1.83. The second kappa shape index (κ2) is 4.51. The number of aromatic nitrogens is 1. The van der Waals surface area contributed by atoms with Crippen molar-refractivity contribution in [3.05, 3.63) is 24.5 Å². The SMILES string of the molecule is CN1C(=O)[C@@H](O)[C@H]2CN(S(=O)(=O)c3cccnc3)C[C@H]21. The fourth-order valence-corrected chi connectivity index (χ4v) is 4.36. The zero-order valence-corrected chi connectivity index (χ0v) is 11.7. The number of aliphatic hydroxyl groups is 1. The molecule has 7 nitrogen and oxygen atoms in total. The summed E-state index contributed by atoms with van der Waals surface area (Å²) in [6.07, 6.45) is 1.70. The molecule has 108 valence electrons. The molecule has 0 aromatic carbocycles. The van der Waals surface area contributed by atoms with Gasteiger partial charge >= 0.3 is 0 Å². The van der Waals surface area contributed by atoms with Gasteiger partial charge in [-0.25, -0.2) is 8.42 Å². The van der Waals surface area contributed by atoms with E-state index in [0.29, 0.717) is 0 Å². The first-order valence-corrected chi connectivity index (χ1v) is 7.72. The Morgan fingerprint density at radius 3 is 2.75 bits per heavy atom. The first kappa shape index (κ1) is 13.5. The van der Waals surface area contributed by atoms with Crippen LogP contribution in [-0.4, -0.2) is 65.9 Å². The second-order valence-corrected chi connectivity index (χ2v) is 7.07. The van der Waals surface area contributed by atoms with Crippen LogP contribution in [0.2, 0.25) is 0 Å². The van der Waals surface area contributed by atoms with E-state index in [1.54, 1.807) is 13.1 Å². The van der Waals surface area contributed by atoms with Crippen LogP contribution in [0.25, 0.3) is 0 Å². The summed E-state index contributed by atoms with van der Waals surface area (Å²) in [6.45, 7) is 0.361. The summed E-state index contributed by atoms with van der Waals surface area (Å²) in [6, 6.07) is 2.79. The van der Waals surface area contributed by atoms with Crippen LogP contribution in [-0.2, 0) is 14.8 Å². The van der Waals surface area contributed by atoms with Crippen LogP contribution in [0.3, 0.4) is 0 Å². The Morgan fingerprint density at radius 1 is 1.40 bits per heavy atom. The lowest BCUT2D eigenvalue weighted by Crippen LogP contribution is -2.38. The van der Waals surface area contributed by atoms with Crippen molar-refractivity contribution in [2.24, 2.45) is 5.92 Å². The Bertz CT molecular complexity index is 613. The molecule has 3 heterocycles. The van der Waals surface area contributed by atoms with Crippen molar-refractivity contribution in [2.45, 2.75) is 17.0 Å². The first-order chi connectivity index (χ1) is 9.43. The van der Waals surface area contributed by atoms with Gasteiger partial charge in [0, 0.05) is 38.4 Å². The number of carbonyl (C=O) groups is 1. The van der Waals surface area contributed by atoms with Crippen LogP contribution in [0.1, 0.15) is 0 Å². The lowest BCUT2D eigenvalue weighted by atomic mass is 10.0. The quantitative estimate of drug-likeness (QED) is 0.748. The maximum absolute atomic E-state index is 12.5. The standard InChI is InChI=1S/C12H15N3O4S/c1-14-10-7-15(6-9(10)11(16)12(14)17)20(18,19)8-3-2-4-13-5-8/h2-5,9-11,16H,6-7H2,1H3/t9-,10+,11-/m0/s1. The summed E-state index contributed by atoms with van der Waals surface area (Å²) in [5.41, 5.74) is 0. The van der Waals surface area contributed by atoms with Crippen molar-refractivity contribution in [3.8, 4) is 0 Å². The second-order valence-electron chi connectivity index (χ2n) is 5.14. The number of rotatable bonds is 2. The molecular weight excluding hydrogens is 282 g/mol. The summed E-state index contributed by atoms with van der Waals surface area (Å²) >= 11 is 0. The molecule has 2 saturated heterocycles. The number of pyridine rings is 1.